The van der Waals surface area contributed by atoms with Crippen LogP contribution in [0.5, 0.6) is 0 Å². The number of likely N-dealkylation sites (N-methyl/N-ethyl adjacent to an activating group) is 1. The number of nitrogens with two attached hydrogens (primary N) is 1. The van der Waals surface area contributed by atoms with Crippen LogP contribution in [0.15, 0.2) is 12.2 Å². The van der Waals surface area contributed by atoms with Crippen molar-refractivity contribution < 1.29 is 4.79 Å². The maximum absolute atomic E-state index is 11.8. The summed E-state index contributed by atoms with van der Waals surface area (Å²) in [5, 5.41) is 0. The van der Waals surface area contributed by atoms with Gasteiger partial charge in [-0.15, -0.1) is 0 Å². The van der Waals surface area contributed by atoms with Gasteiger partial charge in [-0.25, -0.2) is 0 Å². The number of hydrogen-bond acceptors (Lipinski definition) is 2. The molecule has 1 amide bonds. The first-order valence-electron chi connectivity index (χ1n) is 5.21. The van der Waals surface area contributed by atoms with Crippen molar-refractivity contribution in [1.82, 2.24) is 4.90 Å². The molecule has 0 radical (unpaired) electrons. The smallest absolute Gasteiger partial charge is 0.239 e. The molecule has 0 saturated heterocycles. The average molecular weight is 198 g/mol. The molecule has 14 heavy (non-hydrogen) atoms. The predicted octanol–water partition coefficient (Wildman–Crippen LogP) is 1.54. The lowest BCUT2D eigenvalue weighted by molar-refractivity contribution is -0.132. The molecule has 82 valence electrons. The summed E-state index contributed by atoms with van der Waals surface area (Å²) in [5.41, 5.74) is 6.75. The summed E-state index contributed by atoms with van der Waals surface area (Å²) in [4.78, 5) is 13.5. The summed E-state index contributed by atoms with van der Waals surface area (Å²) in [6, 6.07) is -0.348. The van der Waals surface area contributed by atoms with Crippen molar-refractivity contribution >= 4 is 5.91 Å². The zero-order chi connectivity index (χ0) is 11.1. The molecule has 0 bridgehead atoms. The minimum Gasteiger partial charge on any atom is -0.338 e. The summed E-state index contributed by atoms with van der Waals surface area (Å²) in [6.45, 7) is 11.0. The van der Waals surface area contributed by atoms with Gasteiger partial charge in [0.15, 0.2) is 0 Å². The van der Waals surface area contributed by atoms with Gasteiger partial charge in [0, 0.05) is 13.1 Å². The van der Waals surface area contributed by atoms with Gasteiger partial charge in [0.1, 0.15) is 0 Å². The lowest BCUT2D eigenvalue weighted by Crippen LogP contribution is -2.44. The number of carbonyl (C=O) groups excluding carboxylic acids is 1. The molecular formula is C11H22N2O. The highest BCUT2D eigenvalue weighted by Crippen LogP contribution is 2.02. The zero-order valence-corrected chi connectivity index (χ0v) is 9.55. The van der Waals surface area contributed by atoms with E-state index < -0.39 is 0 Å². The molecule has 0 spiro atoms. The Morgan fingerprint density at radius 2 is 2.07 bits per heavy atom. The van der Waals surface area contributed by atoms with Gasteiger partial charge in [-0.05, 0) is 20.3 Å². The number of carbonyl (C=O) groups is 1. The van der Waals surface area contributed by atoms with Gasteiger partial charge in [-0.1, -0.05) is 25.5 Å². The largest absolute Gasteiger partial charge is 0.338 e. The quantitative estimate of drug-likeness (QED) is 0.658. The molecule has 0 aliphatic heterocycles. The highest BCUT2D eigenvalue weighted by Gasteiger charge is 2.18. The number of amides is 1. The molecule has 0 aromatic rings. The van der Waals surface area contributed by atoms with E-state index in [1.54, 1.807) is 4.90 Å². The fourth-order valence-corrected chi connectivity index (χ4v) is 1.34. The van der Waals surface area contributed by atoms with Crippen molar-refractivity contribution in [1.29, 1.82) is 0 Å². The Hall–Kier alpha value is -0.830. The van der Waals surface area contributed by atoms with Crippen molar-refractivity contribution in [2.75, 3.05) is 13.1 Å². The van der Waals surface area contributed by atoms with E-state index in [9.17, 15) is 4.79 Å². The first-order chi connectivity index (χ1) is 6.52. The lowest BCUT2D eigenvalue weighted by Gasteiger charge is -2.24. The molecule has 0 rings (SSSR count). The highest BCUT2D eigenvalue weighted by molar-refractivity contribution is 5.81. The molecule has 0 unspecified atom stereocenters. The fraction of sp³-hybridized carbons (Fsp3) is 0.727. The van der Waals surface area contributed by atoms with Gasteiger partial charge >= 0.3 is 0 Å². The molecular weight excluding hydrogens is 176 g/mol. The molecule has 0 aliphatic rings. The van der Waals surface area contributed by atoms with E-state index >= 15 is 0 Å². The van der Waals surface area contributed by atoms with Gasteiger partial charge in [-0.3, -0.25) is 4.79 Å². The van der Waals surface area contributed by atoms with Crippen LogP contribution in [0.25, 0.3) is 0 Å². The van der Waals surface area contributed by atoms with Gasteiger partial charge in [0.2, 0.25) is 5.91 Å². The van der Waals surface area contributed by atoms with Crippen LogP contribution in [0.4, 0.5) is 0 Å². The predicted molar refractivity (Wildman–Crippen MR) is 60.0 cm³/mol. The van der Waals surface area contributed by atoms with Crippen LogP contribution in [0.2, 0.25) is 0 Å². The molecule has 0 heterocycles. The molecule has 2 N–H and O–H groups in total. The van der Waals surface area contributed by atoms with Crippen LogP contribution in [0.3, 0.4) is 0 Å². The highest BCUT2D eigenvalue weighted by atomic mass is 16.2. The Bertz CT molecular complexity index is 201. The van der Waals surface area contributed by atoms with Crippen LogP contribution < -0.4 is 5.73 Å². The van der Waals surface area contributed by atoms with Crippen LogP contribution in [0, 0.1) is 0 Å². The van der Waals surface area contributed by atoms with E-state index in [1.807, 2.05) is 20.8 Å². The Labute approximate surface area is 87.0 Å². The minimum absolute atomic E-state index is 0.0392. The Morgan fingerprint density at radius 3 is 2.43 bits per heavy atom. The normalized spacial score (nSPS) is 12.3. The van der Waals surface area contributed by atoms with E-state index in [-0.39, 0.29) is 11.9 Å². The van der Waals surface area contributed by atoms with Crippen molar-refractivity contribution in [3.8, 4) is 0 Å². The third-order valence-corrected chi connectivity index (χ3v) is 2.07. The van der Waals surface area contributed by atoms with Crippen molar-refractivity contribution in [3.05, 3.63) is 12.2 Å². The first kappa shape index (κ1) is 13.2. The number of rotatable bonds is 6. The Kier molecular flexibility index (Phi) is 6.21. The van der Waals surface area contributed by atoms with Crippen LogP contribution in [-0.2, 0) is 4.79 Å². The summed E-state index contributed by atoms with van der Waals surface area (Å²) >= 11 is 0. The van der Waals surface area contributed by atoms with Crippen LogP contribution >= 0.6 is 0 Å². The topological polar surface area (TPSA) is 46.3 Å². The number of nitrogens with zero attached hydrogens (tertiary/aromatic N) is 1. The van der Waals surface area contributed by atoms with Crippen LogP contribution in [-0.4, -0.2) is 29.9 Å². The van der Waals surface area contributed by atoms with Crippen molar-refractivity contribution in [2.45, 2.75) is 39.7 Å². The second-order valence-corrected chi connectivity index (χ2v) is 3.70. The maximum atomic E-state index is 11.8. The maximum Gasteiger partial charge on any atom is 0.239 e. The second kappa shape index (κ2) is 6.60. The van der Waals surface area contributed by atoms with E-state index in [1.165, 1.54) is 0 Å². The molecule has 0 aliphatic carbocycles. The number of hydrogen-bond donors (Lipinski definition) is 1. The molecule has 0 fully saturated rings. The molecule has 0 saturated carbocycles. The van der Waals surface area contributed by atoms with Crippen LogP contribution in [0.1, 0.15) is 33.6 Å². The van der Waals surface area contributed by atoms with Crippen molar-refractivity contribution in [3.63, 3.8) is 0 Å². The Morgan fingerprint density at radius 1 is 1.50 bits per heavy atom. The van der Waals surface area contributed by atoms with E-state index in [4.69, 9.17) is 5.73 Å². The minimum atomic E-state index is -0.348. The van der Waals surface area contributed by atoms with E-state index in [0.29, 0.717) is 13.1 Å². The molecule has 3 nitrogen and oxygen atoms in total. The van der Waals surface area contributed by atoms with Gasteiger partial charge in [-0.2, -0.15) is 0 Å². The zero-order valence-electron chi connectivity index (χ0n) is 9.55. The Balaban J connectivity index is 4.22. The second-order valence-electron chi connectivity index (χ2n) is 3.70. The van der Waals surface area contributed by atoms with Gasteiger partial charge in [0.05, 0.1) is 6.04 Å². The fourth-order valence-electron chi connectivity index (χ4n) is 1.34. The summed E-state index contributed by atoms with van der Waals surface area (Å²) in [5.74, 6) is 0.0392. The first-order valence-corrected chi connectivity index (χ1v) is 5.21. The monoisotopic (exact) mass is 198 g/mol. The SMILES string of the molecule is C=C(C)CN(CC)C(=O)[C@@H](N)CCC. The lowest BCUT2D eigenvalue weighted by atomic mass is 10.1. The average Bonchev–Trinajstić information content (AvgIpc) is 2.13. The van der Waals surface area contributed by atoms with Crippen molar-refractivity contribution in [2.24, 2.45) is 5.73 Å². The molecule has 1 atom stereocenters. The standard InChI is InChI=1S/C11H22N2O/c1-5-7-10(12)11(14)13(6-2)8-9(3)4/h10H,3,5-8,12H2,1-2,4H3/t10-/m0/s1. The molecule has 0 aromatic heterocycles. The molecule has 0 aromatic carbocycles. The summed E-state index contributed by atoms with van der Waals surface area (Å²) < 4.78 is 0. The third kappa shape index (κ3) is 4.42. The van der Waals surface area contributed by atoms with E-state index in [0.717, 1.165) is 18.4 Å². The van der Waals surface area contributed by atoms with Gasteiger partial charge in [0.25, 0.3) is 0 Å². The molecule has 3 heteroatoms. The summed E-state index contributed by atoms with van der Waals surface area (Å²) in [7, 11) is 0. The van der Waals surface area contributed by atoms with Gasteiger partial charge < -0.3 is 10.6 Å². The third-order valence-electron chi connectivity index (χ3n) is 2.07. The van der Waals surface area contributed by atoms with E-state index in [2.05, 4.69) is 6.58 Å². The summed E-state index contributed by atoms with van der Waals surface area (Å²) in [6.07, 6.45) is 1.70.